The van der Waals surface area contributed by atoms with E-state index < -0.39 is 11.6 Å². The second kappa shape index (κ2) is 6.83. The van der Waals surface area contributed by atoms with Crippen LogP contribution in [0.4, 0.5) is 14.5 Å². The maximum atomic E-state index is 13.1. The molecule has 0 heterocycles. The van der Waals surface area contributed by atoms with Crippen molar-refractivity contribution in [2.24, 2.45) is 0 Å². The number of carbonyl (C=O) groups excluding carboxylic acids is 1. The Morgan fingerprint density at radius 2 is 1.81 bits per heavy atom. The Kier molecular flexibility index (Phi) is 4.87. The summed E-state index contributed by atoms with van der Waals surface area (Å²) in [6.07, 6.45) is 0. The van der Waals surface area contributed by atoms with Crippen LogP contribution in [0.15, 0.2) is 42.5 Å². The van der Waals surface area contributed by atoms with Crippen molar-refractivity contribution < 1.29 is 18.3 Å². The number of ether oxygens (including phenoxy) is 1. The zero-order chi connectivity index (χ0) is 15.2. The van der Waals surface area contributed by atoms with Gasteiger partial charge in [-0.25, -0.2) is 13.6 Å². The van der Waals surface area contributed by atoms with Crippen LogP contribution in [0.1, 0.15) is 22.8 Å². The number of hydrogen-bond acceptors (Lipinski definition) is 3. The zero-order valence-corrected chi connectivity index (χ0v) is 11.5. The molecule has 0 radical (unpaired) electrons. The maximum absolute atomic E-state index is 13.1. The molecule has 21 heavy (non-hydrogen) atoms. The van der Waals surface area contributed by atoms with Gasteiger partial charge in [-0.05, 0) is 48.9 Å². The first-order chi connectivity index (χ1) is 10.1. The SMILES string of the molecule is CCOC(=O)c1ccc(NCc2ccc(F)c(F)c2)cc1. The molecule has 0 bridgehead atoms. The maximum Gasteiger partial charge on any atom is 0.338 e. The topological polar surface area (TPSA) is 38.3 Å². The van der Waals surface area contributed by atoms with Crippen molar-refractivity contribution in [1.82, 2.24) is 0 Å². The molecular weight excluding hydrogens is 276 g/mol. The second-order valence-electron chi connectivity index (χ2n) is 4.40. The van der Waals surface area contributed by atoms with Crippen LogP contribution in [0.2, 0.25) is 0 Å². The Hall–Kier alpha value is -2.43. The van der Waals surface area contributed by atoms with Crippen LogP contribution in [0.25, 0.3) is 0 Å². The van der Waals surface area contributed by atoms with Gasteiger partial charge in [0.2, 0.25) is 0 Å². The van der Waals surface area contributed by atoms with Gasteiger partial charge in [-0.15, -0.1) is 0 Å². The van der Waals surface area contributed by atoms with Crippen LogP contribution in [0.5, 0.6) is 0 Å². The number of benzene rings is 2. The monoisotopic (exact) mass is 291 g/mol. The average molecular weight is 291 g/mol. The van der Waals surface area contributed by atoms with Gasteiger partial charge >= 0.3 is 5.97 Å². The van der Waals surface area contributed by atoms with E-state index in [1.165, 1.54) is 6.07 Å². The molecule has 2 rings (SSSR count). The number of esters is 1. The van der Waals surface area contributed by atoms with E-state index in [0.29, 0.717) is 24.3 Å². The van der Waals surface area contributed by atoms with Crippen LogP contribution in [-0.4, -0.2) is 12.6 Å². The fourth-order valence-corrected chi connectivity index (χ4v) is 1.79. The molecule has 0 spiro atoms. The summed E-state index contributed by atoms with van der Waals surface area (Å²) < 4.78 is 30.8. The molecule has 0 saturated carbocycles. The fraction of sp³-hybridized carbons (Fsp3) is 0.188. The lowest BCUT2D eigenvalue weighted by Gasteiger charge is -2.08. The van der Waals surface area contributed by atoms with Crippen molar-refractivity contribution in [2.75, 3.05) is 11.9 Å². The standard InChI is InChI=1S/C16H15F2NO2/c1-2-21-16(20)12-4-6-13(7-5-12)19-10-11-3-8-14(17)15(18)9-11/h3-9,19H,2,10H2,1H3. The molecule has 0 aromatic heterocycles. The van der Waals surface area contributed by atoms with Gasteiger partial charge in [-0.2, -0.15) is 0 Å². The minimum Gasteiger partial charge on any atom is -0.462 e. The molecule has 0 aliphatic carbocycles. The van der Waals surface area contributed by atoms with E-state index in [2.05, 4.69) is 5.32 Å². The summed E-state index contributed by atoms with van der Waals surface area (Å²) in [4.78, 5) is 11.5. The lowest BCUT2D eigenvalue weighted by Crippen LogP contribution is -2.05. The zero-order valence-electron chi connectivity index (χ0n) is 11.5. The Labute approximate surface area is 121 Å². The third-order valence-electron chi connectivity index (χ3n) is 2.88. The van der Waals surface area contributed by atoms with Crippen molar-refractivity contribution in [3.05, 3.63) is 65.2 Å². The highest BCUT2D eigenvalue weighted by molar-refractivity contribution is 5.89. The summed E-state index contributed by atoms with van der Waals surface area (Å²) in [5, 5.41) is 3.06. The van der Waals surface area contributed by atoms with Crippen molar-refractivity contribution in [3.8, 4) is 0 Å². The summed E-state index contributed by atoms with van der Waals surface area (Å²) >= 11 is 0. The van der Waals surface area contributed by atoms with Gasteiger partial charge < -0.3 is 10.1 Å². The van der Waals surface area contributed by atoms with Crippen molar-refractivity contribution in [1.29, 1.82) is 0 Å². The number of rotatable bonds is 5. The van der Waals surface area contributed by atoms with Crippen LogP contribution in [-0.2, 0) is 11.3 Å². The normalized spacial score (nSPS) is 10.2. The number of carbonyl (C=O) groups is 1. The van der Waals surface area contributed by atoms with Crippen molar-refractivity contribution in [3.63, 3.8) is 0 Å². The first-order valence-electron chi connectivity index (χ1n) is 6.55. The van der Waals surface area contributed by atoms with Gasteiger partial charge in [0.05, 0.1) is 12.2 Å². The third-order valence-corrected chi connectivity index (χ3v) is 2.88. The summed E-state index contributed by atoms with van der Waals surface area (Å²) in [5.41, 5.74) is 1.87. The molecule has 5 heteroatoms. The first-order valence-corrected chi connectivity index (χ1v) is 6.55. The average Bonchev–Trinajstić information content (AvgIpc) is 2.49. The second-order valence-corrected chi connectivity index (χ2v) is 4.40. The lowest BCUT2D eigenvalue weighted by atomic mass is 10.2. The quantitative estimate of drug-likeness (QED) is 0.853. The molecule has 110 valence electrons. The minimum atomic E-state index is -0.869. The summed E-state index contributed by atoms with van der Waals surface area (Å²) in [6.45, 7) is 2.43. The fourth-order valence-electron chi connectivity index (χ4n) is 1.79. The number of nitrogens with one attached hydrogen (secondary N) is 1. The van der Waals surface area contributed by atoms with Gasteiger partial charge in [0, 0.05) is 12.2 Å². The molecule has 0 fully saturated rings. The Morgan fingerprint density at radius 1 is 1.10 bits per heavy atom. The van der Waals surface area contributed by atoms with E-state index in [9.17, 15) is 13.6 Å². The number of anilines is 1. The van der Waals surface area contributed by atoms with Gasteiger partial charge in [-0.1, -0.05) is 6.07 Å². The molecule has 2 aromatic rings. The molecule has 0 saturated heterocycles. The van der Waals surface area contributed by atoms with Gasteiger partial charge in [-0.3, -0.25) is 0 Å². The van der Waals surface area contributed by atoms with Gasteiger partial charge in [0.15, 0.2) is 11.6 Å². The largest absolute Gasteiger partial charge is 0.462 e. The summed E-state index contributed by atoms with van der Waals surface area (Å²) in [7, 11) is 0. The molecule has 3 nitrogen and oxygen atoms in total. The molecule has 1 N–H and O–H groups in total. The molecule has 2 aromatic carbocycles. The lowest BCUT2D eigenvalue weighted by molar-refractivity contribution is 0.0526. The van der Waals surface area contributed by atoms with Gasteiger partial charge in [0.25, 0.3) is 0 Å². The summed E-state index contributed by atoms with van der Waals surface area (Å²) in [5.74, 6) is -2.10. The van der Waals surface area contributed by atoms with Crippen molar-refractivity contribution >= 4 is 11.7 Å². The summed E-state index contributed by atoms with van der Waals surface area (Å²) in [6, 6.07) is 10.5. The molecule has 0 amide bonds. The molecular formula is C16H15F2NO2. The molecule has 0 aliphatic heterocycles. The molecule has 0 unspecified atom stereocenters. The van der Waals surface area contributed by atoms with Crippen molar-refractivity contribution in [2.45, 2.75) is 13.5 Å². The van der Waals surface area contributed by atoms with E-state index >= 15 is 0 Å². The Bertz CT molecular complexity index is 627. The minimum absolute atomic E-state index is 0.328. The number of hydrogen-bond donors (Lipinski definition) is 1. The smallest absolute Gasteiger partial charge is 0.338 e. The predicted molar refractivity (Wildman–Crippen MR) is 76.1 cm³/mol. The Balaban J connectivity index is 1.97. The Morgan fingerprint density at radius 3 is 2.43 bits per heavy atom. The van der Waals surface area contributed by atoms with E-state index in [-0.39, 0.29) is 5.97 Å². The van der Waals surface area contributed by atoms with E-state index in [1.807, 2.05) is 0 Å². The van der Waals surface area contributed by atoms with E-state index in [1.54, 1.807) is 31.2 Å². The highest BCUT2D eigenvalue weighted by Crippen LogP contribution is 2.14. The third kappa shape index (κ3) is 4.02. The van der Waals surface area contributed by atoms with Gasteiger partial charge in [0.1, 0.15) is 0 Å². The highest BCUT2D eigenvalue weighted by Gasteiger charge is 2.06. The first kappa shape index (κ1) is 15.0. The number of halogens is 2. The van der Waals surface area contributed by atoms with E-state index in [4.69, 9.17) is 4.74 Å². The van der Waals surface area contributed by atoms with Crippen LogP contribution in [0, 0.1) is 11.6 Å². The predicted octanol–water partition coefficient (Wildman–Crippen LogP) is 3.75. The molecule has 0 atom stereocenters. The highest BCUT2D eigenvalue weighted by atomic mass is 19.2. The van der Waals surface area contributed by atoms with Crippen LogP contribution in [0.3, 0.4) is 0 Å². The van der Waals surface area contributed by atoms with E-state index in [0.717, 1.165) is 17.8 Å². The van der Waals surface area contributed by atoms with Crippen LogP contribution < -0.4 is 5.32 Å². The molecule has 0 aliphatic rings. The van der Waals surface area contributed by atoms with Crippen LogP contribution >= 0.6 is 0 Å².